The van der Waals surface area contributed by atoms with Crippen molar-refractivity contribution in [2.75, 3.05) is 0 Å². The molecule has 0 heterocycles. The van der Waals surface area contributed by atoms with Crippen molar-refractivity contribution in [2.45, 2.75) is 70.9 Å². The maximum Gasteiger partial charge on any atom is -0.147 e. The van der Waals surface area contributed by atoms with Crippen LogP contribution in [0.3, 0.4) is 0 Å². The number of benzene rings is 2. The molecule has 0 saturated carbocycles. The van der Waals surface area contributed by atoms with E-state index in [0.29, 0.717) is 7.25 Å². The molecule has 0 saturated heterocycles. The summed E-state index contributed by atoms with van der Waals surface area (Å²) in [7, 11) is 0. The Labute approximate surface area is 210 Å². The smallest absolute Gasteiger partial charge is 0.147 e. The van der Waals surface area contributed by atoms with Crippen LogP contribution in [0.4, 0.5) is 0 Å². The Morgan fingerprint density at radius 1 is 0.688 bits per heavy atom. The first-order valence-electron chi connectivity index (χ1n) is 11.7. The van der Waals surface area contributed by atoms with Gasteiger partial charge in [0, 0.05) is 0 Å². The third-order valence-corrected chi connectivity index (χ3v) is 26.1. The number of allylic oxidation sites excluding steroid dienone is 2. The Balaban J connectivity index is 0.00000181. The quantitative estimate of drug-likeness (QED) is 0.327. The molecule has 32 heavy (non-hydrogen) atoms. The Bertz CT molecular complexity index is 1110. The molecule has 0 spiro atoms. The zero-order chi connectivity index (χ0) is 22.0. The first-order valence-corrected chi connectivity index (χ1v) is 25.4. The second kappa shape index (κ2) is 9.33. The van der Waals surface area contributed by atoms with E-state index in [9.17, 15) is 0 Å². The minimum absolute atomic E-state index is 0. The van der Waals surface area contributed by atoms with Gasteiger partial charge in [0.05, 0.1) is 0 Å². The number of hydrogen-bond acceptors (Lipinski definition) is 0. The Hall–Kier alpha value is -0.400. The van der Waals surface area contributed by atoms with Gasteiger partial charge in [0.1, 0.15) is 0 Å². The fraction of sp³-hybridized carbons (Fsp3) is 0.429. The normalized spacial score (nSPS) is 19.4. The molecule has 4 rings (SSSR count). The van der Waals surface area contributed by atoms with Crippen LogP contribution < -0.4 is 0 Å². The van der Waals surface area contributed by atoms with Gasteiger partial charge in [-0.1, -0.05) is 0 Å². The van der Waals surface area contributed by atoms with Crippen molar-refractivity contribution in [3.05, 3.63) is 79.9 Å². The molecule has 0 aliphatic heterocycles. The van der Waals surface area contributed by atoms with Gasteiger partial charge in [-0.3, -0.25) is 0 Å². The molecular weight excluding hydrogens is 527 g/mol. The summed E-state index contributed by atoms with van der Waals surface area (Å²) in [6, 6.07) is 9.71. The average molecular weight is 567 g/mol. The third kappa shape index (κ3) is 4.02. The number of fused-ring (bicyclic) bond motifs is 2. The summed E-state index contributed by atoms with van der Waals surface area (Å²) in [5, 5.41) is 0. The van der Waals surface area contributed by atoms with E-state index in [-0.39, 0.29) is 24.8 Å². The van der Waals surface area contributed by atoms with Crippen molar-refractivity contribution in [1.29, 1.82) is 0 Å². The number of aryl methyl sites for hydroxylation is 2. The van der Waals surface area contributed by atoms with Crippen LogP contribution >= 0.6 is 24.8 Å². The predicted octanol–water partition coefficient (Wildman–Crippen LogP) is 8.22. The number of rotatable bonds is 4. The molecule has 2 atom stereocenters. The monoisotopic (exact) mass is 564 g/mol. The van der Waals surface area contributed by atoms with Gasteiger partial charge in [-0.15, -0.1) is 24.8 Å². The summed E-state index contributed by atoms with van der Waals surface area (Å²) >= 11 is -3.31. The summed E-state index contributed by atoms with van der Waals surface area (Å²) in [4.78, 5) is 0. The minimum Gasteiger partial charge on any atom is -0.147 e. The molecule has 2 aromatic carbocycles. The zero-order valence-electron chi connectivity index (χ0n) is 21.1. The molecule has 0 radical (unpaired) electrons. The van der Waals surface area contributed by atoms with Gasteiger partial charge < -0.3 is 0 Å². The van der Waals surface area contributed by atoms with Crippen LogP contribution in [0, 0.1) is 13.8 Å². The maximum atomic E-state index is 2.74. The van der Waals surface area contributed by atoms with Crippen LogP contribution in [-0.4, -0.2) is 6.88 Å². The Morgan fingerprint density at radius 2 is 1.03 bits per heavy atom. The van der Waals surface area contributed by atoms with Crippen LogP contribution in [-0.2, 0) is 30.2 Å². The summed E-state index contributed by atoms with van der Waals surface area (Å²) in [5.74, 6) is 0. The molecule has 0 nitrogen and oxygen atoms in total. The fourth-order valence-corrected chi connectivity index (χ4v) is 28.4. The van der Waals surface area contributed by atoms with E-state index in [1.165, 1.54) is 11.1 Å². The van der Waals surface area contributed by atoms with E-state index in [1.54, 1.807) is 44.5 Å². The van der Waals surface area contributed by atoms with Gasteiger partial charge in [0.15, 0.2) is 0 Å². The van der Waals surface area contributed by atoms with Crippen molar-refractivity contribution >= 4 is 43.8 Å². The van der Waals surface area contributed by atoms with Gasteiger partial charge in [-0.2, -0.15) is 0 Å². The number of hydrogen-bond donors (Lipinski definition) is 0. The van der Waals surface area contributed by atoms with Crippen LogP contribution in [0.1, 0.15) is 79.5 Å². The summed E-state index contributed by atoms with van der Waals surface area (Å²) < 4.78 is 6.75. The predicted molar refractivity (Wildman–Crippen MR) is 149 cm³/mol. The first-order chi connectivity index (χ1) is 14.0. The molecule has 0 N–H and O–H groups in total. The van der Waals surface area contributed by atoms with Gasteiger partial charge in [-0.25, -0.2) is 0 Å². The van der Waals surface area contributed by atoms with Gasteiger partial charge in [0.25, 0.3) is 0 Å². The standard InChI is InChI=1S/2C13H15.2CH3.2ClH.H2Si.Zr/c2*1-4-12-10(3)5-6-11-7-9(2)8-13(11)12;;;;;;/h2*5-8H,4H2,1-3H3;2*1H3;2*1H;1H2;. The molecule has 4 heteroatoms. The fourth-order valence-electron chi connectivity index (χ4n) is 7.16. The Morgan fingerprint density at radius 3 is 1.34 bits per heavy atom. The Kier molecular flexibility index (Phi) is 8.12. The maximum absolute atomic E-state index is 3.31. The van der Waals surface area contributed by atoms with Gasteiger partial charge >= 0.3 is 187 Å². The van der Waals surface area contributed by atoms with E-state index in [4.69, 9.17) is 0 Å². The van der Waals surface area contributed by atoms with E-state index in [0.717, 1.165) is 12.8 Å². The van der Waals surface area contributed by atoms with E-state index in [1.807, 2.05) is 0 Å². The average Bonchev–Trinajstić information content (AvgIpc) is 3.18. The van der Waals surface area contributed by atoms with Crippen LogP contribution in [0.2, 0.25) is 9.26 Å². The van der Waals surface area contributed by atoms with Crippen molar-refractivity contribution in [2.24, 2.45) is 0 Å². The second-order valence-corrected chi connectivity index (χ2v) is 41.5. The largest absolute Gasteiger partial charge is 0.147 e. The molecule has 2 aliphatic rings. The van der Waals surface area contributed by atoms with Crippen molar-refractivity contribution in [1.82, 2.24) is 0 Å². The summed E-state index contributed by atoms with van der Waals surface area (Å²) in [6.45, 7) is 16.5. The topological polar surface area (TPSA) is 0 Å². The van der Waals surface area contributed by atoms with E-state index >= 15 is 0 Å². The van der Waals surface area contributed by atoms with E-state index in [2.05, 4.69) is 94.1 Å². The molecule has 2 aliphatic carbocycles. The molecule has 0 fully saturated rings. The summed E-state index contributed by atoms with van der Waals surface area (Å²) in [5.41, 5.74) is 15.6. The van der Waals surface area contributed by atoms with Gasteiger partial charge in [0.2, 0.25) is 0 Å². The van der Waals surface area contributed by atoms with Crippen LogP contribution in [0.5, 0.6) is 0 Å². The molecule has 174 valence electrons. The SMILES string of the molecule is CCc1c(C)ccc2c1C=C(C)[CH]2[Zr]([CH3])([CH3])(=[SiH2])[CH]1C(C)=Cc2c1ccc(C)c2CC.Cl.Cl. The second-order valence-electron chi connectivity index (χ2n) is 11.0. The van der Waals surface area contributed by atoms with Crippen LogP contribution in [0.25, 0.3) is 12.2 Å². The minimum atomic E-state index is -3.31. The van der Waals surface area contributed by atoms with Gasteiger partial charge in [-0.05, 0) is 0 Å². The van der Waals surface area contributed by atoms with Crippen molar-refractivity contribution in [3.63, 3.8) is 0 Å². The van der Waals surface area contributed by atoms with E-state index < -0.39 is 17.4 Å². The first kappa shape index (κ1) is 27.8. The molecule has 0 bridgehead atoms. The van der Waals surface area contributed by atoms with Crippen molar-refractivity contribution in [3.8, 4) is 0 Å². The molecule has 2 aromatic rings. The van der Waals surface area contributed by atoms with Crippen molar-refractivity contribution < 1.29 is 17.4 Å². The van der Waals surface area contributed by atoms with Crippen LogP contribution in [0.15, 0.2) is 35.4 Å². The molecule has 0 aromatic heterocycles. The molecule has 0 amide bonds. The molecular formula is C28H40Cl2SiZr. The number of halogens is 2. The third-order valence-electron chi connectivity index (χ3n) is 8.13. The molecule has 2 unspecified atom stereocenters. The summed E-state index contributed by atoms with van der Waals surface area (Å²) in [6.07, 6.45) is 7.34. The zero-order valence-corrected chi connectivity index (χ0v) is 26.6.